The Balaban J connectivity index is 2.23. The van der Waals surface area contributed by atoms with E-state index in [1.54, 1.807) is 0 Å². The maximum absolute atomic E-state index is 4.78. The predicted octanol–water partition coefficient (Wildman–Crippen LogP) is 3.24. The van der Waals surface area contributed by atoms with Gasteiger partial charge in [0, 0.05) is 26.1 Å². The molecule has 2 rings (SSSR count). The van der Waals surface area contributed by atoms with Crippen LogP contribution in [0.2, 0.25) is 0 Å². The molecular weight excluding hydrogens is 234 g/mol. The Morgan fingerprint density at radius 1 is 1.21 bits per heavy atom. The highest BCUT2D eigenvalue weighted by atomic mass is 15.1. The lowest BCUT2D eigenvalue weighted by atomic mass is 10.0. The minimum absolute atomic E-state index is 0.530. The van der Waals surface area contributed by atoms with Crippen molar-refractivity contribution in [2.24, 2.45) is 7.05 Å². The Labute approximate surface area is 116 Å². The van der Waals surface area contributed by atoms with Crippen LogP contribution in [0.4, 0.5) is 0 Å². The van der Waals surface area contributed by atoms with E-state index in [0.717, 1.165) is 24.3 Å². The van der Waals surface area contributed by atoms with Crippen LogP contribution in [0, 0.1) is 0 Å². The Morgan fingerprint density at radius 3 is 2.58 bits per heavy atom. The average Bonchev–Trinajstić information content (AvgIpc) is 2.65. The summed E-state index contributed by atoms with van der Waals surface area (Å²) in [6.45, 7) is 9.76. The lowest BCUT2D eigenvalue weighted by Crippen LogP contribution is -2.25. The first-order chi connectivity index (χ1) is 8.99. The van der Waals surface area contributed by atoms with E-state index in [1.165, 1.54) is 11.1 Å². The minimum atomic E-state index is 0.530. The number of fused-ring (bicyclic) bond motifs is 1. The fourth-order valence-electron chi connectivity index (χ4n) is 2.32. The average molecular weight is 259 g/mol. The second-order valence-corrected chi connectivity index (χ2v) is 5.85. The Morgan fingerprint density at radius 2 is 1.95 bits per heavy atom. The van der Waals surface area contributed by atoms with Gasteiger partial charge < -0.3 is 9.88 Å². The zero-order valence-electron chi connectivity index (χ0n) is 12.7. The van der Waals surface area contributed by atoms with Crippen LogP contribution in [0.25, 0.3) is 11.0 Å². The fraction of sp³-hybridized carbons (Fsp3) is 0.562. The van der Waals surface area contributed by atoms with Crippen LogP contribution in [0.15, 0.2) is 18.2 Å². The maximum atomic E-state index is 4.78. The van der Waals surface area contributed by atoms with Gasteiger partial charge in [0.05, 0.1) is 11.0 Å². The van der Waals surface area contributed by atoms with Gasteiger partial charge in [-0.3, -0.25) is 0 Å². The van der Waals surface area contributed by atoms with Crippen molar-refractivity contribution in [2.45, 2.75) is 46.1 Å². The molecule has 0 unspecified atom stereocenters. The number of nitrogens with zero attached hydrogens (tertiary/aromatic N) is 2. The smallest absolute Gasteiger partial charge is 0.110 e. The Bertz CT molecular complexity index is 552. The summed E-state index contributed by atoms with van der Waals surface area (Å²) in [5.74, 6) is 1.71. The summed E-state index contributed by atoms with van der Waals surface area (Å²) in [7, 11) is 2.11. The van der Waals surface area contributed by atoms with E-state index in [-0.39, 0.29) is 0 Å². The molecule has 3 nitrogen and oxygen atoms in total. The zero-order valence-corrected chi connectivity index (χ0v) is 12.7. The number of imidazole rings is 1. The molecule has 0 fully saturated rings. The van der Waals surface area contributed by atoms with Crippen molar-refractivity contribution in [2.75, 3.05) is 6.54 Å². The van der Waals surface area contributed by atoms with Gasteiger partial charge in [0.2, 0.25) is 0 Å². The van der Waals surface area contributed by atoms with E-state index in [0.29, 0.717) is 12.0 Å². The highest BCUT2D eigenvalue weighted by Gasteiger charge is 2.09. The van der Waals surface area contributed by atoms with Crippen LogP contribution in [-0.4, -0.2) is 22.1 Å². The number of hydrogen-bond acceptors (Lipinski definition) is 2. The maximum Gasteiger partial charge on any atom is 0.110 e. The SMILES string of the molecule is CC(C)NCCc1nc2cc(C(C)C)ccc2n1C. The third-order valence-electron chi connectivity index (χ3n) is 3.57. The van der Waals surface area contributed by atoms with Crippen molar-refractivity contribution in [3.63, 3.8) is 0 Å². The number of aryl methyl sites for hydroxylation is 1. The van der Waals surface area contributed by atoms with Crippen molar-refractivity contribution in [1.82, 2.24) is 14.9 Å². The van der Waals surface area contributed by atoms with E-state index >= 15 is 0 Å². The van der Waals surface area contributed by atoms with Crippen LogP contribution in [0.1, 0.15) is 45.0 Å². The molecule has 0 atom stereocenters. The third kappa shape index (κ3) is 3.16. The third-order valence-corrected chi connectivity index (χ3v) is 3.57. The minimum Gasteiger partial charge on any atom is -0.331 e. The standard InChI is InChI=1S/C16H25N3/c1-11(2)13-6-7-15-14(10-13)18-16(19(15)5)8-9-17-12(3)4/h6-7,10-12,17H,8-9H2,1-5H3. The van der Waals surface area contributed by atoms with Gasteiger partial charge in [0.15, 0.2) is 0 Å². The number of nitrogens with one attached hydrogen (secondary N) is 1. The molecule has 0 radical (unpaired) electrons. The monoisotopic (exact) mass is 259 g/mol. The Hall–Kier alpha value is -1.35. The van der Waals surface area contributed by atoms with E-state index < -0.39 is 0 Å². The molecule has 0 bridgehead atoms. The van der Waals surface area contributed by atoms with Gasteiger partial charge in [-0.1, -0.05) is 33.8 Å². The summed E-state index contributed by atoms with van der Waals surface area (Å²) in [5, 5.41) is 3.44. The molecule has 19 heavy (non-hydrogen) atoms. The number of aromatic nitrogens is 2. The first-order valence-corrected chi connectivity index (χ1v) is 7.17. The Kier molecular flexibility index (Phi) is 4.25. The lowest BCUT2D eigenvalue weighted by molar-refractivity contribution is 0.578. The van der Waals surface area contributed by atoms with Crippen LogP contribution < -0.4 is 5.32 Å². The van der Waals surface area contributed by atoms with Crippen molar-refractivity contribution in [3.8, 4) is 0 Å². The van der Waals surface area contributed by atoms with E-state index in [4.69, 9.17) is 4.98 Å². The number of rotatable bonds is 5. The van der Waals surface area contributed by atoms with Crippen LogP contribution >= 0.6 is 0 Å². The molecule has 1 aromatic heterocycles. The van der Waals surface area contributed by atoms with E-state index in [1.807, 2.05) is 0 Å². The normalized spacial score (nSPS) is 11.9. The van der Waals surface area contributed by atoms with Gasteiger partial charge in [-0.05, 0) is 23.6 Å². The van der Waals surface area contributed by atoms with Gasteiger partial charge in [-0.2, -0.15) is 0 Å². The summed E-state index contributed by atoms with van der Waals surface area (Å²) in [4.78, 5) is 4.78. The summed E-state index contributed by atoms with van der Waals surface area (Å²) in [6.07, 6.45) is 0.973. The van der Waals surface area contributed by atoms with Gasteiger partial charge in [0.25, 0.3) is 0 Å². The van der Waals surface area contributed by atoms with Gasteiger partial charge in [0.1, 0.15) is 5.82 Å². The molecular formula is C16H25N3. The lowest BCUT2D eigenvalue weighted by Gasteiger charge is -2.07. The van der Waals surface area contributed by atoms with Crippen molar-refractivity contribution >= 4 is 11.0 Å². The molecule has 0 amide bonds. The first-order valence-electron chi connectivity index (χ1n) is 7.17. The summed E-state index contributed by atoms with van der Waals surface area (Å²) < 4.78 is 2.21. The van der Waals surface area contributed by atoms with Crippen LogP contribution in [-0.2, 0) is 13.5 Å². The summed E-state index contributed by atoms with van der Waals surface area (Å²) in [6, 6.07) is 7.16. The topological polar surface area (TPSA) is 29.9 Å². The highest BCUT2D eigenvalue weighted by Crippen LogP contribution is 2.21. The van der Waals surface area contributed by atoms with Crippen LogP contribution in [0.5, 0.6) is 0 Å². The molecule has 1 N–H and O–H groups in total. The fourth-order valence-corrected chi connectivity index (χ4v) is 2.32. The second kappa shape index (κ2) is 5.74. The molecule has 104 valence electrons. The van der Waals surface area contributed by atoms with Crippen LogP contribution in [0.3, 0.4) is 0 Å². The number of benzene rings is 1. The summed E-state index contributed by atoms with van der Waals surface area (Å²) in [5.41, 5.74) is 3.70. The van der Waals surface area contributed by atoms with Gasteiger partial charge >= 0.3 is 0 Å². The quantitative estimate of drug-likeness (QED) is 0.893. The number of hydrogen-bond donors (Lipinski definition) is 1. The van der Waals surface area contributed by atoms with Crippen molar-refractivity contribution < 1.29 is 0 Å². The van der Waals surface area contributed by atoms with E-state index in [2.05, 4.69) is 62.8 Å². The van der Waals surface area contributed by atoms with E-state index in [9.17, 15) is 0 Å². The largest absolute Gasteiger partial charge is 0.331 e. The first kappa shape index (κ1) is 14.1. The molecule has 2 aromatic rings. The second-order valence-electron chi connectivity index (χ2n) is 5.85. The van der Waals surface area contributed by atoms with Gasteiger partial charge in [-0.25, -0.2) is 4.98 Å². The molecule has 0 saturated carbocycles. The summed E-state index contributed by atoms with van der Waals surface area (Å²) >= 11 is 0. The molecule has 0 aliphatic carbocycles. The molecule has 0 spiro atoms. The predicted molar refractivity (Wildman–Crippen MR) is 81.6 cm³/mol. The molecule has 3 heteroatoms. The zero-order chi connectivity index (χ0) is 14.0. The molecule has 0 saturated heterocycles. The molecule has 1 aromatic carbocycles. The molecule has 0 aliphatic heterocycles. The van der Waals surface area contributed by atoms with Crippen molar-refractivity contribution in [3.05, 3.63) is 29.6 Å². The van der Waals surface area contributed by atoms with Crippen molar-refractivity contribution in [1.29, 1.82) is 0 Å². The van der Waals surface area contributed by atoms with Gasteiger partial charge in [-0.15, -0.1) is 0 Å². The molecule has 1 heterocycles. The highest BCUT2D eigenvalue weighted by molar-refractivity contribution is 5.77. The molecule has 0 aliphatic rings.